The van der Waals surface area contributed by atoms with Crippen LogP contribution in [-0.4, -0.2) is 25.8 Å². The SMILES string of the molecule is COC(=O)C(C)OCC=CCl. The van der Waals surface area contributed by atoms with Gasteiger partial charge in [-0.1, -0.05) is 11.6 Å². The van der Waals surface area contributed by atoms with Crippen molar-refractivity contribution in [1.29, 1.82) is 0 Å². The zero-order chi connectivity index (χ0) is 8.69. The third-order valence-corrected chi connectivity index (χ3v) is 1.24. The molecule has 0 saturated heterocycles. The maximum atomic E-state index is 10.7. The summed E-state index contributed by atoms with van der Waals surface area (Å²) in [4.78, 5) is 10.7. The van der Waals surface area contributed by atoms with Crippen LogP contribution in [-0.2, 0) is 14.3 Å². The van der Waals surface area contributed by atoms with Crippen molar-refractivity contribution in [3.8, 4) is 0 Å². The van der Waals surface area contributed by atoms with Crippen LogP contribution in [0.4, 0.5) is 0 Å². The summed E-state index contributed by atoms with van der Waals surface area (Å²) in [5.41, 5.74) is 1.34. The minimum absolute atomic E-state index is 0.319. The van der Waals surface area contributed by atoms with Crippen LogP contribution in [0.25, 0.3) is 0 Å². The topological polar surface area (TPSA) is 35.5 Å². The van der Waals surface area contributed by atoms with Gasteiger partial charge in [-0.05, 0) is 13.0 Å². The van der Waals surface area contributed by atoms with Crippen LogP contribution in [0, 0.1) is 0 Å². The Morgan fingerprint density at radius 2 is 2.36 bits per heavy atom. The first-order chi connectivity index (χ1) is 5.22. The molecule has 64 valence electrons. The van der Waals surface area contributed by atoms with Crippen LogP contribution in [0.1, 0.15) is 6.92 Å². The second-order valence-corrected chi connectivity index (χ2v) is 2.11. The van der Waals surface area contributed by atoms with Gasteiger partial charge in [0.1, 0.15) is 0 Å². The van der Waals surface area contributed by atoms with E-state index in [1.807, 2.05) is 0 Å². The van der Waals surface area contributed by atoms with Crippen molar-refractivity contribution in [3.05, 3.63) is 11.6 Å². The van der Waals surface area contributed by atoms with E-state index in [1.54, 1.807) is 13.0 Å². The molecule has 0 radical (unpaired) electrons. The number of halogens is 1. The molecule has 0 heterocycles. The number of hydrogen-bond acceptors (Lipinski definition) is 3. The predicted molar refractivity (Wildman–Crippen MR) is 42.4 cm³/mol. The smallest absolute Gasteiger partial charge is 0.334 e. The van der Waals surface area contributed by atoms with Gasteiger partial charge < -0.3 is 9.47 Å². The Morgan fingerprint density at radius 3 is 2.82 bits per heavy atom. The zero-order valence-corrected chi connectivity index (χ0v) is 7.30. The minimum Gasteiger partial charge on any atom is -0.467 e. The maximum absolute atomic E-state index is 10.7. The van der Waals surface area contributed by atoms with Crippen molar-refractivity contribution in [2.24, 2.45) is 0 Å². The largest absolute Gasteiger partial charge is 0.467 e. The summed E-state index contributed by atoms with van der Waals surface area (Å²) in [6, 6.07) is 0. The first-order valence-corrected chi connectivity index (χ1v) is 3.60. The Labute approximate surface area is 70.9 Å². The lowest BCUT2D eigenvalue weighted by molar-refractivity contribution is -0.152. The van der Waals surface area contributed by atoms with Gasteiger partial charge in [-0.3, -0.25) is 0 Å². The zero-order valence-electron chi connectivity index (χ0n) is 6.54. The molecule has 1 unspecified atom stereocenters. The fourth-order valence-electron chi connectivity index (χ4n) is 0.470. The first kappa shape index (κ1) is 10.5. The Kier molecular flexibility index (Phi) is 5.88. The highest BCUT2D eigenvalue weighted by molar-refractivity contribution is 6.25. The van der Waals surface area contributed by atoms with E-state index in [0.29, 0.717) is 6.61 Å². The molecule has 0 fully saturated rings. The van der Waals surface area contributed by atoms with Crippen molar-refractivity contribution < 1.29 is 14.3 Å². The van der Waals surface area contributed by atoms with E-state index in [2.05, 4.69) is 4.74 Å². The summed E-state index contributed by atoms with van der Waals surface area (Å²) in [5, 5.41) is 0. The van der Waals surface area contributed by atoms with Gasteiger partial charge in [0, 0.05) is 5.54 Å². The van der Waals surface area contributed by atoms with E-state index < -0.39 is 6.10 Å². The average Bonchev–Trinajstić information content (AvgIpc) is 2.03. The molecule has 0 aromatic carbocycles. The van der Waals surface area contributed by atoms with Crippen molar-refractivity contribution in [3.63, 3.8) is 0 Å². The molecule has 0 aliphatic carbocycles. The molecule has 0 aliphatic heterocycles. The fraction of sp³-hybridized carbons (Fsp3) is 0.571. The van der Waals surface area contributed by atoms with E-state index in [4.69, 9.17) is 16.3 Å². The number of hydrogen-bond donors (Lipinski definition) is 0. The highest BCUT2D eigenvalue weighted by Gasteiger charge is 2.11. The highest BCUT2D eigenvalue weighted by atomic mass is 35.5. The summed E-state index contributed by atoms with van der Waals surface area (Å²) >= 11 is 5.22. The number of carbonyl (C=O) groups is 1. The summed E-state index contributed by atoms with van der Waals surface area (Å²) in [6.07, 6.45) is 1.06. The Bertz CT molecular complexity index is 145. The Morgan fingerprint density at radius 1 is 1.73 bits per heavy atom. The molecular weight excluding hydrogens is 168 g/mol. The van der Waals surface area contributed by atoms with Crippen LogP contribution < -0.4 is 0 Å². The third kappa shape index (κ3) is 4.81. The van der Waals surface area contributed by atoms with E-state index in [1.165, 1.54) is 12.6 Å². The second-order valence-electron chi connectivity index (χ2n) is 1.86. The van der Waals surface area contributed by atoms with Crippen molar-refractivity contribution in [2.75, 3.05) is 13.7 Å². The van der Waals surface area contributed by atoms with E-state index in [-0.39, 0.29) is 5.97 Å². The Hall–Kier alpha value is -0.540. The van der Waals surface area contributed by atoms with Gasteiger partial charge in [0.25, 0.3) is 0 Å². The number of ether oxygens (including phenoxy) is 2. The lowest BCUT2D eigenvalue weighted by Gasteiger charge is -2.07. The molecule has 4 heteroatoms. The quantitative estimate of drug-likeness (QED) is 0.609. The van der Waals surface area contributed by atoms with Gasteiger partial charge >= 0.3 is 5.97 Å². The fourth-order valence-corrected chi connectivity index (χ4v) is 0.543. The van der Waals surface area contributed by atoms with Crippen molar-refractivity contribution in [1.82, 2.24) is 0 Å². The number of esters is 1. The van der Waals surface area contributed by atoms with Gasteiger partial charge in [0.05, 0.1) is 13.7 Å². The average molecular weight is 179 g/mol. The number of rotatable bonds is 4. The standard InChI is InChI=1S/C7H11ClO3/c1-6(7(9)10-2)11-5-3-4-8/h3-4,6H,5H2,1-2H3. The van der Waals surface area contributed by atoms with Gasteiger partial charge in [-0.2, -0.15) is 0 Å². The molecule has 0 spiro atoms. The summed E-state index contributed by atoms with van der Waals surface area (Å²) in [7, 11) is 1.32. The molecule has 0 rings (SSSR count). The van der Waals surface area contributed by atoms with Crippen LogP contribution in [0.5, 0.6) is 0 Å². The minimum atomic E-state index is -0.534. The van der Waals surface area contributed by atoms with E-state index >= 15 is 0 Å². The first-order valence-electron chi connectivity index (χ1n) is 3.17. The maximum Gasteiger partial charge on any atom is 0.334 e. The molecule has 11 heavy (non-hydrogen) atoms. The van der Waals surface area contributed by atoms with Crippen LogP contribution in [0.3, 0.4) is 0 Å². The molecule has 0 amide bonds. The molecule has 0 saturated carbocycles. The van der Waals surface area contributed by atoms with Gasteiger partial charge in [-0.15, -0.1) is 0 Å². The van der Waals surface area contributed by atoms with Gasteiger partial charge in [-0.25, -0.2) is 4.79 Å². The molecule has 0 aromatic rings. The van der Waals surface area contributed by atoms with Crippen molar-refractivity contribution >= 4 is 17.6 Å². The van der Waals surface area contributed by atoms with Crippen LogP contribution in [0.15, 0.2) is 11.6 Å². The predicted octanol–water partition coefficient (Wildman–Crippen LogP) is 1.32. The van der Waals surface area contributed by atoms with Crippen LogP contribution in [0.2, 0.25) is 0 Å². The highest BCUT2D eigenvalue weighted by Crippen LogP contribution is 1.93. The monoisotopic (exact) mass is 178 g/mol. The summed E-state index contributed by atoms with van der Waals surface area (Å²) < 4.78 is 9.41. The lowest BCUT2D eigenvalue weighted by Crippen LogP contribution is -2.21. The third-order valence-electron chi connectivity index (χ3n) is 1.06. The lowest BCUT2D eigenvalue weighted by atomic mass is 10.4. The normalized spacial score (nSPS) is 13.4. The number of carbonyl (C=O) groups excluding carboxylic acids is 1. The van der Waals surface area contributed by atoms with Crippen LogP contribution >= 0.6 is 11.6 Å². The van der Waals surface area contributed by atoms with E-state index in [0.717, 1.165) is 0 Å². The molecule has 3 nitrogen and oxygen atoms in total. The molecule has 0 aliphatic rings. The second kappa shape index (κ2) is 6.19. The summed E-state index contributed by atoms with van der Waals surface area (Å²) in [5.74, 6) is -0.382. The molecule has 1 atom stereocenters. The molecule has 0 bridgehead atoms. The van der Waals surface area contributed by atoms with E-state index in [9.17, 15) is 4.79 Å². The van der Waals surface area contributed by atoms with Gasteiger partial charge in [0.2, 0.25) is 0 Å². The van der Waals surface area contributed by atoms with Gasteiger partial charge in [0.15, 0.2) is 6.10 Å². The molecule has 0 N–H and O–H groups in total. The summed E-state index contributed by atoms with van der Waals surface area (Å²) in [6.45, 7) is 1.94. The Balaban J connectivity index is 3.51. The number of methoxy groups -OCH3 is 1. The van der Waals surface area contributed by atoms with Crippen molar-refractivity contribution in [2.45, 2.75) is 13.0 Å². The molecular formula is C7H11ClO3. The molecule has 0 aromatic heterocycles.